The number of nitrogens with one attached hydrogen (secondary N) is 1. The van der Waals surface area contributed by atoms with Gasteiger partial charge in [0.05, 0.1) is 23.3 Å². The van der Waals surface area contributed by atoms with Crippen molar-refractivity contribution in [1.82, 2.24) is 0 Å². The quantitative estimate of drug-likeness (QED) is 0.533. The second-order valence-electron chi connectivity index (χ2n) is 6.90. The van der Waals surface area contributed by atoms with E-state index < -0.39 is 21.9 Å². The first-order chi connectivity index (χ1) is 15.1. The van der Waals surface area contributed by atoms with Gasteiger partial charge in [0.1, 0.15) is 0 Å². The maximum absolute atomic E-state index is 12.8. The molecule has 0 fully saturated rings. The van der Waals surface area contributed by atoms with Crippen LogP contribution in [0.3, 0.4) is 0 Å². The number of anilines is 2. The zero-order chi connectivity index (χ0) is 23.5. The zero-order valence-electron chi connectivity index (χ0n) is 17.6. The van der Waals surface area contributed by atoms with Crippen molar-refractivity contribution in [2.75, 3.05) is 23.8 Å². The van der Waals surface area contributed by atoms with E-state index in [0.29, 0.717) is 33.1 Å². The normalized spacial score (nSPS) is 11.0. The topological polar surface area (TPSA) is 92.8 Å². The number of nitrogens with zero attached hydrogens (tertiary/aromatic N) is 1. The van der Waals surface area contributed by atoms with Crippen LogP contribution in [0.5, 0.6) is 0 Å². The van der Waals surface area contributed by atoms with E-state index in [-0.39, 0.29) is 4.90 Å². The number of amides is 1. The van der Waals surface area contributed by atoms with E-state index in [2.05, 4.69) is 5.32 Å². The molecule has 3 aromatic carbocycles. The third-order valence-corrected chi connectivity index (χ3v) is 7.00. The summed E-state index contributed by atoms with van der Waals surface area (Å²) in [7, 11) is -1.06. The van der Waals surface area contributed by atoms with Gasteiger partial charge in [-0.2, -0.15) is 0 Å². The number of benzene rings is 3. The largest absolute Gasteiger partial charge is 0.465 e. The Labute approximate surface area is 191 Å². The van der Waals surface area contributed by atoms with Crippen molar-refractivity contribution in [3.63, 3.8) is 0 Å². The summed E-state index contributed by atoms with van der Waals surface area (Å²) < 4.78 is 31.5. The van der Waals surface area contributed by atoms with E-state index in [4.69, 9.17) is 16.3 Å². The Kier molecular flexibility index (Phi) is 6.86. The number of rotatable bonds is 6. The second kappa shape index (κ2) is 9.42. The first kappa shape index (κ1) is 23.3. The molecular weight excluding hydrogens is 452 g/mol. The molecule has 0 aliphatic carbocycles. The molecule has 0 atom stereocenters. The van der Waals surface area contributed by atoms with E-state index in [9.17, 15) is 18.0 Å². The van der Waals surface area contributed by atoms with Crippen LogP contribution in [-0.2, 0) is 14.8 Å². The highest BCUT2D eigenvalue weighted by molar-refractivity contribution is 7.92. The molecular formula is C23H21ClN2O5S. The van der Waals surface area contributed by atoms with Crippen LogP contribution in [0.2, 0.25) is 5.02 Å². The lowest BCUT2D eigenvalue weighted by Crippen LogP contribution is -2.26. The SMILES string of the molecule is COC(=O)c1cccc(NC(=O)c2ccc(N(C)S(=O)(=O)c3ccc(Cl)cc3)cc2)c1C. The molecule has 166 valence electrons. The minimum absolute atomic E-state index is 0.104. The van der Waals surface area contributed by atoms with Crippen molar-refractivity contribution in [3.8, 4) is 0 Å². The average molecular weight is 473 g/mol. The van der Waals surface area contributed by atoms with Gasteiger partial charge in [-0.3, -0.25) is 9.10 Å². The standard InChI is InChI=1S/C23H21ClN2O5S/c1-15-20(23(28)31-3)5-4-6-21(15)25-22(27)16-7-11-18(12-8-16)26(2)32(29,30)19-13-9-17(24)10-14-19/h4-14H,1-3H3,(H,25,27). The highest BCUT2D eigenvalue weighted by Gasteiger charge is 2.21. The van der Waals surface area contributed by atoms with Crippen molar-refractivity contribution in [2.24, 2.45) is 0 Å². The number of carbonyl (C=O) groups is 2. The van der Waals surface area contributed by atoms with Crippen molar-refractivity contribution >= 4 is 44.9 Å². The smallest absolute Gasteiger partial charge is 0.338 e. The number of methoxy groups -OCH3 is 1. The van der Waals surface area contributed by atoms with Gasteiger partial charge in [0.15, 0.2) is 0 Å². The van der Waals surface area contributed by atoms with Crippen molar-refractivity contribution < 1.29 is 22.7 Å². The summed E-state index contributed by atoms with van der Waals surface area (Å²) in [5, 5.41) is 3.20. The van der Waals surface area contributed by atoms with Crippen molar-refractivity contribution in [2.45, 2.75) is 11.8 Å². The fraction of sp³-hybridized carbons (Fsp3) is 0.130. The number of esters is 1. The molecule has 0 aliphatic rings. The van der Waals surface area contributed by atoms with Gasteiger partial charge in [0, 0.05) is 23.3 Å². The maximum atomic E-state index is 12.8. The predicted octanol–water partition coefficient (Wildman–Crippen LogP) is 4.51. The number of halogens is 1. The summed E-state index contributed by atoms with van der Waals surface area (Å²) in [6.45, 7) is 1.71. The summed E-state index contributed by atoms with van der Waals surface area (Å²) in [5.74, 6) is -0.891. The van der Waals surface area contributed by atoms with E-state index in [1.807, 2.05) is 0 Å². The fourth-order valence-electron chi connectivity index (χ4n) is 3.02. The monoisotopic (exact) mass is 472 g/mol. The highest BCUT2D eigenvalue weighted by Crippen LogP contribution is 2.25. The van der Waals surface area contributed by atoms with Gasteiger partial charge >= 0.3 is 5.97 Å². The fourth-order valence-corrected chi connectivity index (χ4v) is 4.34. The molecule has 1 N–H and O–H groups in total. The van der Waals surface area contributed by atoms with Crippen LogP contribution in [0.25, 0.3) is 0 Å². The van der Waals surface area contributed by atoms with E-state index in [1.54, 1.807) is 37.3 Å². The Balaban J connectivity index is 1.79. The lowest BCUT2D eigenvalue weighted by Gasteiger charge is -2.20. The van der Waals surface area contributed by atoms with Crippen LogP contribution in [0.1, 0.15) is 26.3 Å². The average Bonchev–Trinajstić information content (AvgIpc) is 2.79. The zero-order valence-corrected chi connectivity index (χ0v) is 19.2. The van der Waals surface area contributed by atoms with Gasteiger partial charge in [-0.15, -0.1) is 0 Å². The highest BCUT2D eigenvalue weighted by atomic mass is 35.5. The molecule has 3 aromatic rings. The molecule has 0 saturated heterocycles. The number of hydrogen-bond donors (Lipinski definition) is 1. The van der Waals surface area contributed by atoms with Crippen LogP contribution < -0.4 is 9.62 Å². The van der Waals surface area contributed by atoms with Gasteiger partial charge in [-0.25, -0.2) is 13.2 Å². The van der Waals surface area contributed by atoms with E-state index in [1.165, 1.54) is 50.6 Å². The lowest BCUT2D eigenvalue weighted by atomic mass is 10.1. The van der Waals surface area contributed by atoms with Gasteiger partial charge in [-0.05, 0) is 73.2 Å². The minimum Gasteiger partial charge on any atom is -0.465 e. The summed E-state index contributed by atoms with van der Waals surface area (Å²) >= 11 is 5.84. The van der Waals surface area contributed by atoms with Gasteiger partial charge < -0.3 is 10.1 Å². The predicted molar refractivity (Wildman–Crippen MR) is 124 cm³/mol. The molecule has 3 rings (SSSR count). The number of hydrogen-bond acceptors (Lipinski definition) is 5. The molecule has 0 unspecified atom stereocenters. The molecule has 9 heteroatoms. The molecule has 0 aromatic heterocycles. The Hall–Kier alpha value is -3.36. The maximum Gasteiger partial charge on any atom is 0.338 e. The van der Waals surface area contributed by atoms with Gasteiger partial charge in [0.2, 0.25) is 0 Å². The molecule has 32 heavy (non-hydrogen) atoms. The Morgan fingerprint density at radius 3 is 2.19 bits per heavy atom. The molecule has 0 radical (unpaired) electrons. The summed E-state index contributed by atoms with van der Waals surface area (Å²) in [4.78, 5) is 24.6. The summed E-state index contributed by atoms with van der Waals surface area (Å²) in [6.07, 6.45) is 0. The molecule has 0 aliphatic heterocycles. The van der Waals surface area contributed by atoms with Crippen molar-refractivity contribution in [1.29, 1.82) is 0 Å². The first-order valence-electron chi connectivity index (χ1n) is 9.49. The Morgan fingerprint density at radius 2 is 1.59 bits per heavy atom. The Morgan fingerprint density at radius 1 is 0.969 bits per heavy atom. The van der Waals surface area contributed by atoms with Crippen LogP contribution in [0.4, 0.5) is 11.4 Å². The van der Waals surface area contributed by atoms with Crippen molar-refractivity contribution in [3.05, 3.63) is 88.4 Å². The van der Waals surface area contributed by atoms with Gasteiger partial charge in [-0.1, -0.05) is 17.7 Å². The van der Waals surface area contributed by atoms with Crippen LogP contribution >= 0.6 is 11.6 Å². The molecule has 0 spiro atoms. The summed E-state index contributed by atoms with van der Waals surface area (Å²) in [6, 6.07) is 17.0. The van der Waals surface area contributed by atoms with Crippen LogP contribution in [0, 0.1) is 6.92 Å². The van der Waals surface area contributed by atoms with Gasteiger partial charge in [0.25, 0.3) is 15.9 Å². The number of ether oxygens (including phenoxy) is 1. The molecule has 7 nitrogen and oxygen atoms in total. The molecule has 1 amide bonds. The first-order valence-corrected chi connectivity index (χ1v) is 11.3. The summed E-state index contributed by atoms with van der Waals surface area (Å²) in [5.41, 5.74) is 2.13. The number of sulfonamides is 1. The Bertz CT molecular complexity index is 1260. The van der Waals surface area contributed by atoms with Crippen LogP contribution in [-0.4, -0.2) is 34.5 Å². The third kappa shape index (κ3) is 4.76. The lowest BCUT2D eigenvalue weighted by molar-refractivity contribution is 0.0599. The molecule has 0 heterocycles. The molecule has 0 saturated carbocycles. The molecule has 0 bridgehead atoms. The van der Waals surface area contributed by atoms with Crippen LogP contribution in [0.15, 0.2) is 71.6 Å². The minimum atomic E-state index is -3.78. The van der Waals surface area contributed by atoms with E-state index in [0.717, 1.165) is 4.31 Å². The number of carbonyl (C=O) groups excluding carboxylic acids is 2. The van der Waals surface area contributed by atoms with E-state index >= 15 is 0 Å². The second-order valence-corrected chi connectivity index (χ2v) is 9.30. The third-order valence-electron chi connectivity index (χ3n) is 4.95.